The van der Waals surface area contributed by atoms with Crippen molar-refractivity contribution in [2.75, 3.05) is 12.8 Å². The van der Waals surface area contributed by atoms with Crippen LogP contribution in [0.3, 0.4) is 0 Å². The molecule has 0 radical (unpaired) electrons. The summed E-state index contributed by atoms with van der Waals surface area (Å²) in [5.41, 5.74) is 5.07. The van der Waals surface area contributed by atoms with Gasteiger partial charge < -0.3 is 10.5 Å². The molecular weight excluding hydrogens is 278 g/mol. The highest BCUT2D eigenvalue weighted by Crippen LogP contribution is 2.27. The van der Waals surface area contributed by atoms with Crippen molar-refractivity contribution < 1.29 is 21.9 Å². The number of anilines is 1. The summed E-state index contributed by atoms with van der Waals surface area (Å²) < 4.78 is 58.2. The molecule has 1 aromatic carbocycles. The van der Waals surface area contributed by atoms with Crippen molar-refractivity contribution in [3.63, 3.8) is 0 Å². The fourth-order valence-electron chi connectivity index (χ4n) is 1.97. The van der Waals surface area contributed by atoms with Crippen LogP contribution in [0.25, 0.3) is 0 Å². The van der Waals surface area contributed by atoms with Gasteiger partial charge in [-0.15, -0.1) is 0 Å². The normalized spacial score (nSPS) is 23.1. The highest BCUT2D eigenvalue weighted by Gasteiger charge is 2.34. The Hall–Kier alpha value is -1.25. The van der Waals surface area contributed by atoms with E-state index in [1.807, 2.05) is 0 Å². The van der Waals surface area contributed by atoms with E-state index >= 15 is 0 Å². The van der Waals surface area contributed by atoms with Crippen LogP contribution in [0.1, 0.15) is 12.8 Å². The van der Waals surface area contributed by atoms with Crippen LogP contribution in [0.5, 0.6) is 0 Å². The van der Waals surface area contributed by atoms with Crippen LogP contribution in [-0.2, 0) is 14.8 Å². The molecule has 1 aliphatic carbocycles. The minimum atomic E-state index is -4.24. The number of nitrogens with two attached hydrogens (primary N) is 1. The second-order valence-electron chi connectivity index (χ2n) is 4.46. The van der Waals surface area contributed by atoms with Crippen LogP contribution in [0.2, 0.25) is 0 Å². The summed E-state index contributed by atoms with van der Waals surface area (Å²) in [6.07, 6.45) is 0.941. The van der Waals surface area contributed by atoms with Gasteiger partial charge in [0, 0.05) is 18.8 Å². The van der Waals surface area contributed by atoms with Gasteiger partial charge in [0.25, 0.3) is 0 Å². The predicted octanol–water partition coefficient (Wildman–Crippen LogP) is 1.00. The third kappa shape index (κ3) is 2.85. The fourth-order valence-corrected chi connectivity index (χ4v) is 3.35. The van der Waals surface area contributed by atoms with Gasteiger partial charge in [-0.1, -0.05) is 0 Å². The molecular formula is C11H14F2N2O3S. The Morgan fingerprint density at radius 2 is 1.84 bits per heavy atom. The van der Waals surface area contributed by atoms with E-state index in [-0.39, 0.29) is 17.8 Å². The lowest BCUT2D eigenvalue weighted by molar-refractivity contribution is 0.0236. The molecule has 0 amide bonds. The van der Waals surface area contributed by atoms with Crippen LogP contribution in [0.4, 0.5) is 14.5 Å². The van der Waals surface area contributed by atoms with Crippen molar-refractivity contribution in [1.29, 1.82) is 0 Å². The van der Waals surface area contributed by atoms with Gasteiger partial charge in [0.15, 0.2) is 4.90 Å². The third-order valence-electron chi connectivity index (χ3n) is 3.04. The van der Waals surface area contributed by atoms with Crippen molar-refractivity contribution in [2.45, 2.75) is 29.9 Å². The standard InChI is InChI=1S/C11H14F2N2O3S/c1-18-8-4-7(5-8)15-19(16,17)11-9(12)2-6(14)3-10(11)13/h2-3,7-8,15H,4-5,14H2,1H3. The number of ether oxygens (including phenoxy) is 1. The summed E-state index contributed by atoms with van der Waals surface area (Å²) in [4.78, 5) is -0.998. The summed E-state index contributed by atoms with van der Waals surface area (Å²) >= 11 is 0. The number of hydrogen-bond donors (Lipinski definition) is 2. The zero-order chi connectivity index (χ0) is 14.2. The number of nitrogens with one attached hydrogen (secondary N) is 1. The van der Waals surface area contributed by atoms with E-state index in [0.29, 0.717) is 12.8 Å². The Balaban J connectivity index is 2.21. The van der Waals surface area contributed by atoms with Crippen LogP contribution in [0, 0.1) is 11.6 Å². The Morgan fingerprint density at radius 1 is 1.32 bits per heavy atom. The van der Waals surface area contributed by atoms with E-state index < -0.39 is 26.6 Å². The third-order valence-corrected chi connectivity index (χ3v) is 4.61. The Labute approximate surface area is 109 Å². The van der Waals surface area contributed by atoms with Crippen molar-refractivity contribution >= 4 is 15.7 Å². The van der Waals surface area contributed by atoms with Gasteiger partial charge in [-0.25, -0.2) is 21.9 Å². The second kappa shape index (κ2) is 5.03. The maximum atomic E-state index is 13.6. The SMILES string of the molecule is COC1CC(NS(=O)(=O)c2c(F)cc(N)cc2F)C1. The van der Waals surface area contributed by atoms with Crippen LogP contribution >= 0.6 is 0 Å². The molecule has 0 aliphatic heterocycles. The van der Waals surface area contributed by atoms with Gasteiger partial charge in [0.05, 0.1) is 6.10 Å². The van der Waals surface area contributed by atoms with E-state index in [4.69, 9.17) is 10.5 Å². The molecule has 0 heterocycles. The van der Waals surface area contributed by atoms with Crippen LogP contribution in [-0.4, -0.2) is 27.7 Å². The van der Waals surface area contributed by atoms with Gasteiger partial charge in [-0.3, -0.25) is 0 Å². The van der Waals surface area contributed by atoms with E-state index in [1.165, 1.54) is 7.11 Å². The zero-order valence-electron chi connectivity index (χ0n) is 10.2. The molecule has 0 atom stereocenters. The lowest BCUT2D eigenvalue weighted by Gasteiger charge is -2.34. The van der Waals surface area contributed by atoms with Crippen molar-refractivity contribution in [3.8, 4) is 0 Å². The van der Waals surface area contributed by atoms with Crippen molar-refractivity contribution in [1.82, 2.24) is 4.72 Å². The van der Waals surface area contributed by atoms with Crippen molar-refractivity contribution in [2.24, 2.45) is 0 Å². The monoisotopic (exact) mass is 292 g/mol. The first-order valence-electron chi connectivity index (χ1n) is 5.63. The van der Waals surface area contributed by atoms with Crippen molar-refractivity contribution in [3.05, 3.63) is 23.8 Å². The van der Waals surface area contributed by atoms with E-state index in [0.717, 1.165) is 12.1 Å². The molecule has 0 aromatic heterocycles. The second-order valence-corrected chi connectivity index (χ2v) is 6.11. The number of sulfonamides is 1. The fraction of sp³-hybridized carbons (Fsp3) is 0.455. The molecule has 8 heteroatoms. The quantitative estimate of drug-likeness (QED) is 0.811. The number of rotatable bonds is 4. The van der Waals surface area contributed by atoms with Gasteiger partial charge in [-0.05, 0) is 25.0 Å². The first kappa shape index (κ1) is 14.2. The zero-order valence-corrected chi connectivity index (χ0v) is 11.0. The summed E-state index contributed by atoms with van der Waals surface area (Å²) in [6.45, 7) is 0. The molecule has 106 valence electrons. The van der Waals surface area contributed by atoms with Gasteiger partial charge in [0.1, 0.15) is 11.6 Å². The number of methoxy groups -OCH3 is 1. The van der Waals surface area contributed by atoms with E-state index in [2.05, 4.69) is 4.72 Å². The molecule has 2 rings (SSSR count). The average Bonchev–Trinajstić information content (AvgIpc) is 2.20. The van der Waals surface area contributed by atoms with Gasteiger partial charge in [-0.2, -0.15) is 0 Å². The molecule has 1 aliphatic rings. The summed E-state index contributed by atoms with van der Waals surface area (Å²) in [7, 11) is -2.72. The highest BCUT2D eigenvalue weighted by molar-refractivity contribution is 7.89. The van der Waals surface area contributed by atoms with Gasteiger partial charge in [0.2, 0.25) is 10.0 Å². The summed E-state index contributed by atoms with van der Waals surface area (Å²) in [6, 6.07) is 1.18. The first-order chi connectivity index (χ1) is 8.83. The molecule has 3 N–H and O–H groups in total. The number of benzene rings is 1. The topological polar surface area (TPSA) is 81.4 Å². The maximum Gasteiger partial charge on any atom is 0.246 e. The molecule has 0 unspecified atom stereocenters. The first-order valence-corrected chi connectivity index (χ1v) is 7.11. The number of nitrogen functional groups attached to an aromatic ring is 1. The van der Waals surface area contributed by atoms with E-state index in [1.54, 1.807) is 0 Å². The molecule has 0 spiro atoms. The molecule has 1 fully saturated rings. The predicted molar refractivity (Wildman–Crippen MR) is 64.9 cm³/mol. The molecule has 1 aromatic rings. The molecule has 0 bridgehead atoms. The summed E-state index contributed by atoms with van der Waals surface area (Å²) in [5, 5.41) is 0. The maximum absolute atomic E-state index is 13.6. The Morgan fingerprint density at radius 3 is 2.32 bits per heavy atom. The molecule has 5 nitrogen and oxygen atoms in total. The average molecular weight is 292 g/mol. The summed E-state index contributed by atoms with van der Waals surface area (Å²) in [5.74, 6) is -2.40. The van der Waals surface area contributed by atoms with Crippen LogP contribution in [0.15, 0.2) is 17.0 Å². The number of hydrogen-bond acceptors (Lipinski definition) is 4. The minimum Gasteiger partial charge on any atom is -0.399 e. The molecule has 19 heavy (non-hydrogen) atoms. The largest absolute Gasteiger partial charge is 0.399 e. The van der Waals surface area contributed by atoms with Crippen LogP contribution < -0.4 is 10.5 Å². The van der Waals surface area contributed by atoms with Gasteiger partial charge >= 0.3 is 0 Å². The Bertz CT molecular complexity index is 563. The molecule has 1 saturated carbocycles. The minimum absolute atomic E-state index is 0.0196. The lowest BCUT2D eigenvalue weighted by atomic mass is 9.90. The number of halogens is 2. The smallest absolute Gasteiger partial charge is 0.246 e. The Kier molecular flexibility index (Phi) is 3.75. The van der Waals surface area contributed by atoms with E-state index in [9.17, 15) is 17.2 Å². The molecule has 0 saturated heterocycles. The lowest BCUT2D eigenvalue weighted by Crippen LogP contribution is -2.47. The highest BCUT2D eigenvalue weighted by atomic mass is 32.2.